The average Bonchev–Trinajstić information content (AvgIpc) is 3.06. The van der Waals surface area contributed by atoms with Crippen LogP contribution in [0.3, 0.4) is 0 Å². The molecule has 1 unspecified atom stereocenters. The summed E-state index contributed by atoms with van der Waals surface area (Å²) in [6.07, 6.45) is 0. The molecule has 0 radical (unpaired) electrons. The molecule has 6 heteroatoms. The van der Waals surface area contributed by atoms with Gasteiger partial charge in [0.05, 0.1) is 21.7 Å². The molecule has 25 heavy (non-hydrogen) atoms. The van der Waals surface area contributed by atoms with Gasteiger partial charge >= 0.3 is 0 Å². The summed E-state index contributed by atoms with van der Waals surface area (Å²) >= 11 is 1.29. The van der Waals surface area contributed by atoms with Crippen molar-refractivity contribution in [3.8, 4) is 6.07 Å². The monoisotopic (exact) mass is 346 g/mol. The smallest absolute Gasteiger partial charge is 0.222 e. The van der Waals surface area contributed by atoms with Gasteiger partial charge in [0.2, 0.25) is 5.78 Å². The number of hydrogen-bond donors (Lipinski definition) is 0. The number of nitriles is 1. The molecule has 0 fully saturated rings. The summed E-state index contributed by atoms with van der Waals surface area (Å²) in [4.78, 5) is 29.3. The predicted octanol–water partition coefficient (Wildman–Crippen LogP) is 3.89. The lowest BCUT2D eigenvalue weighted by Gasteiger charge is -2.05. The van der Waals surface area contributed by atoms with Crippen LogP contribution in [0.2, 0.25) is 0 Å². The summed E-state index contributed by atoms with van der Waals surface area (Å²) < 4.78 is 6.45. The quantitative estimate of drug-likeness (QED) is 0.525. The minimum absolute atomic E-state index is 0.130. The normalized spacial score (nSPS) is 12.1. The summed E-state index contributed by atoms with van der Waals surface area (Å²) in [6.45, 7) is 0. The van der Waals surface area contributed by atoms with Crippen molar-refractivity contribution in [1.82, 2.24) is 4.98 Å². The molecule has 0 saturated carbocycles. The van der Waals surface area contributed by atoms with Gasteiger partial charge < -0.3 is 4.42 Å². The number of carbonyl (C=O) groups is 1. The fourth-order valence-electron chi connectivity index (χ4n) is 2.61. The Morgan fingerprint density at radius 3 is 2.72 bits per heavy atom. The van der Waals surface area contributed by atoms with Crippen molar-refractivity contribution < 1.29 is 9.21 Å². The summed E-state index contributed by atoms with van der Waals surface area (Å²) in [5, 5.41) is 10.3. The van der Waals surface area contributed by atoms with Crippen molar-refractivity contribution in [1.29, 1.82) is 5.26 Å². The first-order valence-electron chi connectivity index (χ1n) is 7.49. The van der Waals surface area contributed by atoms with E-state index in [1.54, 1.807) is 24.3 Å². The van der Waals surface area contributed by atoms with Crippen LogP contribution in [0.1, 0.15) is 21.5 Å². The van der Waals surface area contributed by atoms with Gasteiger partial charge in [0.25, 0.3) is 0 Å². The molecule has 4 rings (SSSR count). The molecule has 0 spiro atoms. The second kappa shape index (κ2) is 5.96. The summed E-state index contributed by atoms with van der Waals surface area (Å²) in [5.41, 5.74) is 0.737. The lowest BCUT2D eigenvalue weighted by atomic mass is 10.0. The molecule has 0 bridgehead atoms. The van der Waals surface area contributed by atoms with E-state index in [-0.39, 0.29) is 11.2 Å². The van der Waals surface area contributed by atoms with Crippen molar-refractivity contribution in [2.24, 2.45) is 0 Å². The third kappa shape index (κ3) is 2.61. The number of carbonyl (C=O) groups excluding carboxylic acids is 1. The number of rotatable bonds is 3. The first-order valence-corrected chi connectivity index (χ1v) is 8.31. The number of para-hydroxylation sites is 2. The van der Waals surface area contributed by atoms with Crippen LogP contribution >= 0.6 is 11.3 Å². The summed E-state index contributed by atoms with van der Waals surface area (Å²) in [5.74, 6) is -1.80. The number of Topliss-reactive ketones (excluding diaryl/α,β-unsaturated/α-hetero) is 1. The molecule has 2 heterocycles. The van der Waals surface area contributed by atoms with E-state index in [4.69, 9.17) is 4.42 Å². The maximum absolute atomic E-state index is 12.8. The highest BCUT2D eigenvalue weighted by Crippen LogP contribution is 2.29. The van der Waals surface area contributed by atoms with Gasteiger partial charge in [-0.1, -0.05) is 24.3 Å². The molecule has 0 aliphatic heterocycles. The summed E-state index contributed by atoms with van der Waals surface area (Å²) in [6, 6.07) is 17.2. The predicted molar refractivity (Wildman–Crippen MR) is 94.8 cm³/mol. The Hall–Kier alpha value is -3.30. The Bertz CT molecular complexity index is 1180. The first kappa shape index (κ1) is 15.2. The maximum atomic E-state index is 12.8. The van der Waals surface area contributed by atoms with E-state index in [0.717, 1.165) is 16.3 Å². The van der Waals surface area contributed by atoms with Crippen LogP contribution in [0, 0.1) is 11.3 Å². The van der Waals surface area contributed by atoms with Gasteiger partial charge in [-0.05, 0) is 24.3 Å². The molecule has 0 saturated heterocycles. The van der Waals surface area contributed by atoms with Crippen molar-refractivity contribution in [3.05, 3.63) is 75.6 Å². The SMILES string of the molecule is N#CC(C(=O)c1cc(=O)c2ccccc2o1)c1nc2ccccc2s1. The minimum atomic E-state index is -1.11. The second-order valence-electron chi connectivity index (χ2n) is 5.42. The van der Waals surface area contributed by atoms with Gasteiger partial charge in [-0.25, -0.2) is 4.98 Å². The summed E-state index contributed by atoms with van der Waals surface area (Å²) in [7, 11) is 0. The van der Waals surface area contributed by atoms with Crippen molar-refractivity contribution in [2.45, 2.75) is 5.92 Å². The molecule has 5 nitrogen and oxygen atoms in total. The zero-order valence-corrected chi connectivity index (χ0v) is 13.6. The van der Waals surface area contributed by atoms with Crippen LogP contribution in [0.15, 0.2) is 63.8 Å². The Kier molecular flexibility index (Phi) is 3.64. The Labute approximate surface area is 145 Å². The van der Waals surface area contributed by atoms with Crippen LogP contribution in [0.25, 0.3) is 21.2 Å². The van der Waals surface area contributed by atoms with Gasteiger partial charge in [0, 0.05) is 6.07 Å². The molecule has 120 valence electrons. The highest BCUT2D eigenvalue weighted by atomic mass is 32.1. The Balaban J connectivity index is 1.80. The van der Waals surface area contributed by atoms with Crippen LogP contribution in [0.4, 0.5) is 0 Å². The molecular formula is C19H10N2O3S. The third-order valence-electron chi connectivity index (χ3n) is 3.83. The fraction of sp³-hybridized carbons (Fsp3) is 0.0526. The number of nitrogens with zero attached hydrogens (tertiary/aromatic N) is 2. The zero-order chi connectivity index (χ0) is 17.4. The van der Waals surface area contributed by atoms with E-state index in [0.29, 0.717) is 16.0 Å². The van der Waals surface area contributed by atoms with Crippen LogP contribution in [-0.4, -0.2) is 10.8 Å². The van der Waals surface area contributed by atoms with Gasteiger partial charge in [-0.15, -0.1) is 11.3 Å². The molecule has 4 aromatic rings. The highest BCUT2D eigenvalue weighted by Gasteiger charge is 2.28. The van der Waals surface area contributed by atoms with Crippen LogP contribution in [0.5, 0.6) is 0 Å². The van der Waals surface area contributed by atoms with Crippen LogP contribution in [-0.2, 0) is 0 Å². The molecule has 0 aliphatic carbocycles. The molecule has 2 aromatic carbocycles. The van der Waals surface area contributed by atoms with E-state index in [1.807, 2.05) is 30.3 Å². The highest BCUT2D eigenvalue weighted by molar-refractivity contribution is 7.18. The lowest BCUT2D eigenvalue weighted by Crippen LogP contribution is -2.14. The molecule has 2 aromatic heterocycles. The minimum Gasteiger partial charge on any atom is -0.453 e. The first-order chi connectivity index (χ1) is 12.2. The third-order valence-corrected chi connectivity index (χ3v) is 4.93. The molecule has 0 amide bonds. The van der Waals surface area contributed by atoms with Crippen LogP contribution < -0.4 is 5.43 Å². The zero-order valence-electron chi connectivity index (χ0n) is 12.8. The number of aromatic nitrogens is 1. The number of thiazole rings is 1. The largest absolute Gasteiger partial charge is 0.453 e. The van der Waals surface area contributed by atoms with E-state index in [1.165, 1.54) is 11.3 Å². The lowest BCUT2D eigenvalue weighted by molar-refractivity contribution is 0.0952. The molecule has 0 N–H and O–H groups in total. The fourth-order valence-corrected chi connectivity index (χ4v) is 3.62. The second-order valence-corrected chi connectivity index (χ2v) is 6.48. The Morgan fingerprint density at radius 1 is 1.16 bits per heavy atom. The van der Waals surface area contributed by atoms with E-state index >= 15 is 0 Å². The number of hydrogen-bond acceptors (Lipinski definition) is 6. The molecular weight excluding hydrogens is 336 g/mol. The van der Waals surface area contributed by atoms with Gasteiger partial charge in [0.15, 0.2) is 17.1 Å². The van der Waals surface area contributed by atoms with Gasteiger partial charge in [-0.3, -0.25) is 9.59 Å². The maximum Gasteiger partial charge on any atom is 0.222 e. The van der Waals surface area contributed by atoms with Crippen molar-refractivity contribution in [3.63, 3.8) is 0 Å². The van der Waals surface area contributed by atoms with Crippen molar-refractivity contribution in [2.75, 3.05) is 0 Å². The van der Waals surface area contributed by atoms with E-state index < -0.39 is 11.7 Å². The number of fused-ring (bicyclic) bond motifs is 2. The topological polar surface area (TPSA) is 84.0 Å². The Morgan fingerprint density at radius 2 is 1.92 bits per heavy atom. The number of ketones is 1. The van der Waals surface area contributed by atoms with E-state index in [2.05, 4.69) is 4.98 Å². The van der Waals surface area contributed by atoms with Gasteiger partial charge in [0.1, 0.15) is 10.6 Å². The average molecular weight is 346 g/mol. The van der Waals surface area contributed by atoms with Gasteiger partial charge in [-0.2, -0.15) is 5.26 Å². The molecule has 0 aliphatic rings. The standard InChI is InChI=1S/C19H10N2O3S/c20-10-12(19-21-13-6-2-4-8-17(13)25-19)18(23)16-9-14(22)11-5-1-3-7-15(11)24-16/h1-9,12H. The van der Waals surface area contributed by atoms with Crippen molar-refractivity contribution >= 4 is 38.3 Å². The van der Waals surface area contributed by atoms with E-state index in [9.17, 15) is 14.9 Å². The number of benzene rings is 2. The molecule has 1 atom stereocenters.